The molecule has 5 nitrogen and oxygen atoms in total. The molecule has 0 aliphatic carbocycles. The first-order valence-electron chi connectivity index (χ1n) is 9.29. The van der Waals surface area contributed by atoms with E-state index in [1.165, 1.54) is 11.3 Å². The number of fused-ring (bicyclic) bond motifs is 1. The van der Waals surface area contributed by atoms with E-state index in [2.05, 4.69) is 5.32 Å². The largest absolute Gasteiger partial charge is 0.353 e. The zero-order valence-corrected chi connectivity index (χ0v) is 17.5. The number of rotatable bonds is 9. The molecule has 0 saturated carbocycles. The Morgan fingerprint density at radius 3 is 2.61 bits per heavy atom. The number of carbonyl (C=O) groups excluding carboxylic acids is 1. The minimum Gasteiger partial charge on any atom is -0.353 e. The molecular formula is C21H23ClN2O3S. The molecule has 7 heteroatoms. The molecular weight excluding hydrogens is 396 g/mol. The third kappa shape index (κ3) is 5.08. The van der Waals surface area contributed by atoms with Crippen LogP contribution in [0.1, 0.15) is 30.6 Å². The zero-order chi connectivity index (χ0) is 19.9. The SMILES string of the molecule is CCOC(CCNC(=O)c1cc(-c2ccc(Cl)s2)nc2ccccc12)OCC. The molecule has 1 amide bonds. The maximum atomic E-state index is 12.9. The van der Waals surface area contributed by atoms with Crippen LogP contribution >= 0.6 is 22.9 Å². The van der Waals surface area contributed by atoms with Crippen LogP contribution in [0.4, 0.5) is 0 Å². The normalized spacial score (nSPS) is 11.3. The lowest BCUT2D eigenvalue weighted by atomic mass is 10.1. The molecule has 0 atom stereocenters. The molecule has 2 heterocycles. The highest BCUT2D eigenvalue weighted by atomic mass is 35.5. The summed E-state index contributed by atoms with van der Waals surface area (Å²) in [6, 6.07) is 13.2. The van der Waals surface area contributed by atoms with Gasteiger partial charge in [0.05, 0.1) is 26.0 Å². The quantitative estimate of drug-likeness (QED) is 0.489. The number of para-hydroxylation sites is 1. The second kappa shape index (κ2) is 9.98. The molecule has 3 aromatic rings. The molecule has 0 bridgehead atoms. The zero-order valence-electron chi connectivity index (χ0n) is 15.9. The van der Waals surface area contributed by atoms with Crippen LogP contribution in [-0.4, -0.2) is 36.9 Å². The van der Waals surface area contributed by atoms with E-state index in [4.69, 9.17) is 26.1 Å². The number of halogens is 1. The van der Waals surface area contributed by atoms with Gasteiger partial charge in [-0.25, -0.2) is 4.98 Å². The van der Waals surface area contributed by atoms with E-state index in [0.29, 0.717) is 36.1 Å². The summed E-state index contributed by atoms with van der Waals surface area (Å²) >= 11 is 7.51. The van der Waals surface area contributed by atoms with Crippen molar-refractivity contribution in [2.75, 3.05) is 19.8 Å². The highest BCUT2D eigenvalue weighted by Crippen LogP contribution is 2.32. The van der Waals surface area contributed by atoms with Crippen molar-refractivity contribution in [1.29, 1.82) is 0 Å². The summed E-state index contributed by atoms with van der Waals surface area (Å²) < 4.78 is 11.7. The second-order valence-electron chi connectivity index (χ2n) is 6.06. The lowest BCUT2D eigenvalue weighted by molar-refractivity contribution is -0.138. The fraction of sp³-hybridized carbons (Fsp3) is 0.333. The summed E-state index contributed by atoms with van der Waals surface area (Å²) in [6.45, 7) is 5.44. The Labute approximate surface area is 173 Å². The highest BCUT2D eigenvalue weighted by Gasteiger charge is 2.15. The first-order chi connectivity index (χ1) is 13.6. The molecule has 28 heavy (non-hydrogen) atoms. The number of hydrogen-bond donors (Lipinski definition) is 1. The monoisotopic (exact) mass is 418 g/mol. The molecule has 0 spiro atoms. The van der Waals surface area contributed by atoms with Gasteiger partial charge in [0.2, 0.25) is 0 Å². The molecule has 1 N–H and O–H groups in total. The minimum atomic E-state index is -0.312. The van der Waals surface area contributed by atoms with Gasteiger partial charge in [0.1, 0.15) is 0 Å². The summed E-state index contributed by atoms with van der Waals surface area (Å²) in [6.07, 6.45) is 0.275. The van der Waals surface area contributed by atoms with Crippen molar-refractivity contribution in [2.24, 2.45) is 0 Å². The van der Waals surface area contributed by atoms with E-state index in [1.807, 2.05) is 56.3 Å². The van der Waals surface area contributed by atoms with Gasteiger partial charge in [-0.1, -0.05) is 29.8 Å². The van der Waals surface area contributed by atoms with Crippen LogP contribution in [0.3, 0.4) is 0 Å². The smallest absolute Gasteiger partial charge is 0.252 e. The van der Waals surface area contributed by atoms with Crippen molar-refractivity contribution in [3.8, 4) is 10.6 Å². The number of ether oxygens (including phenoxy) is 2. The van der Waals surface area contributed by atoms with Gasteiger partial charge in [0.15, 0.2) is 6.29 Å². The lowest BCUT2D eigenvalue weighted by Gasteiger charge is -2.17. The average Bonchev–Trinajstić information content (AvgIpc) is 3.13. The van der Waals surface area contributed by atoms with Crippen LogP contribution in [0.15, 0.2) is 42.5 Å². The fourth-order valence-electron chi connectivity index (χ4n) is 2.93. The van der Waals surface area contributed by atoms with Crippen molar-refractivity contribution in [3.63, 3.8) is 0 Å². The molecule has 0 unspecified atom stereocenters. The maximum absolute atomic E-state index is 12.9. The Morgan fingerprint density at radius 2 is 1.93 bits per heavy atom. The Balaban J connectivity index is 1.81. The summed E-state index contributed by atoms with van der Waals surface area (Å²) in [7, 11) is 0. The van der Waals surface area contributed by atoms with Crippen molar-refractivity contribution < 1.29 is 14.3 Å². The van der Waals surface area contributed by atoms with Crippen LogP contribution < -0.4 is 5.32 Å². The predicted molar refractivity (Wildman–Crippen MR) is 114 cm³/mol. The Kier molecular flexibility index (Phi) is 7.39. The molecule has 3 rings (SSSR count). The molecule has 0 aliphatic rings. The molecule has 148 valence electrons. The lowest BCUT2D eigenvalue weighted by Crippen LogP contribution is -2.29. The van der Waals surface area contributed by atoms with Crippen molar-refractivity contribution in [2.45, 2.75) is 26.6 Å². The topological polar surface area (TPSA) is 60.5 Å². The Morgan fingerprint density at radius 1 is 1.18 bits per heavy atom. The summed E-state index contributed by atoms with van der Waals surface area (Å²) in [5, 5.41) is 3.79. The molecule has 1 aromatic carbocycles. The van der Waals surface area contributed by atoms with Gasteiger partial charge in [-0.2, -0.15) is 0 Å². The maximum Gasteiger partial charge on any atom is 0.252 e. The van der Waals surface area contributed by atoms with Gasteiger partial charge < -0.3 is 14.8 Å². The van der Waals surface area contributed by atoms with E-state index < -0.39 is 0 Å². The first-order valence-corrected chi connectivity index (χ1v) is 10.5. The second-order valence-corrected chi connectivity index (χ2v) is 7.78. The molecule has 0 aliphatic heterocycles. The van der Waals surface area contributed by atoms with Crippen molar-refractivity contribution in [1.82, 2.24) is 10.3 Å². The summed E-state index contributed by atoms with van der Waals surface area (Å²) in [5.74, 6) is -0.144. The number of hydrogen-bond acceptors (Lipinski definition) is 5. The number of thiophene rings is 1. The average molecular weight is 419 g/mol. The van der Waals surface area contributed by atoms with E-state index in [0.717, 1.165) is 21.5 Å². The third-order valence-corrected chi connectivity index (χ3v) is 5.41. The van der Waals surface area contributed by atoms with Gasteiger partial charge in [0.25, 0.3) is 5.91 Å². The Hall–Kier alpha value is -1.99. The van der Waals surface area contributed by atoms with Crippen LogP contribution in [0, 0.1) is 0 Å². The number of amides is 1. The van der Waals surface area contributed by atoms with Gasteiger partial charge in [-0.15, -0.1) is 11.3 Å². The highest BCUT2D eigenvalue weighted by molar-refractivity contribution is 7.19. The van der Waals surface area contributed by atoms with Crippen molar-refractivity contribution >= 4 is 39.7 Å². The molecule has 0 radical (unpaired) electrons. The standard InChI is InChI=1S/C21H23ClN2O3S/c1-3-26-20(27-4-2)11-12-23-21(25)15-13-17(18-9-10-19(22)28-18)24-16-8-6-5-7-14(15)16/h5-10,13,20H,3-4,11-12H2,1-2H3,(H,23,25). The fourth-order valence-corrected chi connectivity index (χ4v) is 3.93. The van der Waals surface area contributed by atoms with Gasteiger partial charge in [-0.3, -0.25) is 4.79 Å². The van der Waals surface area contributed by atoms with Gasteiger partial charge >= 0.3 is 0 Å². The van der Waals surface area contributed by atoms with Crippen LogP contribution in [0.5, 0.6) is 0 Å². The van der Waals surface area contributed by atoms with E-state index in [-0.39, 0.29) is 12.2 Å². The first kappa shape index (κ1) is 20.7. The number of pyridine rings is 1. The number of benzene rings is 1. The van der Waals surface area contributed by atoms with E-state index >= 15 is 0 Å². The number of aromatic nitrogens is 1. The number of carbonyl (C=O) groups is 1. The van der Waals surface area contributed by atoms with Crippen LogP contribution in [0.25, 0.3) is 21.5 Å². The van der Waals surface area contributed by atoms with E-state index in [1.54, 1.807) is 0 Å². The van der Waals surface area contributed by atoms with Crippen LogP contribution in [-0.2, 0) is 9.47 Å². The third-order valence-electron chi connectivity index (χ3n) is 4.16. The molecule has 0 fully saturated rings. The Bertz CT molecular complexity index is 938. The van der Waals surface area contributed by atoms with Gasteiger partial charge in [-0.05, 0) is 38.1 Å². The summed E-state index contributed by atoms with van der Waals surface area (Å²) in [5.41, 5.74) is 2.10. The number of nitrogens with one attached hydrogen (secondary N) is 1. The molecule has 2 aromatic heterocycles. The van der Waals surface area contributed by atoms with Crippen LogP contribution in [0.2, 0.25) is 4.34 Å². The van der Waals surface area contributed by atoms with Crippen molar-refractivity contribution in [3.05, 3.63) is 52.4 Å². The molecule has 0 saturated heterocycles. The van der Waals surface area contributed by atoms with Gasteiger partial charge in [0, 0.05) is 31.6 Å². The predicted octanol–water partition coefficient (Wildman–Crippen LogP) is 5.14. The minimum absolute atomic E-state index is 0.144. The van der Waals surface area contributed by atoms with E-state index in [9.17, 15) is 4.79 Å². The summed E-state index contributed by atoms with van der Waals surface area (Å²) in [4.78, 5) is 18.5. The number of nitrogens with zero attached hydrogens (tertiary/aromatic N) is 1.